The van der Waals surface area contributed by atoms with Crippen molar-refractivity contribution in [3.63, 3.8) is 0 Å². The first-order chi connectivity index (χ1) is 8.21. The molecule has 0 bridgehead atoms. The normalized spacial score (nSPS) is 10.5. The summed E-state index contributed by atoms with van der Waals surface area (Å²) in [5.74, 6) is 1.31. The molecule has 17 heavy (non-hydrogen) atoms. The number of hydrogen-bond donors (Lipinski definition) is 0. The number of rotatable bonds is 5. The Labute approximate surface area is 106 Å². The van der Waals surface area contributed by atoms with Crippen molar-refractivity contribution >= 4 is 23.8 Å². The molecule has 0 spiro atoms. The second kappa shape index (κ2) is 7.01. The molecule has 0 radical (unpaired) electrons. The van der Waals surface area contributed by atoms with Gasteiger partial charge in [0, 0.05) is 11.8 Å². The van der Waals surface area contributed by atoms with Crippen molar-refractivity contribution in [2.24, 2.45) is 0 Å². The third kappa shape index (κ3) is 4.15. The van der Waals surface area contributed by atoms with Crippen LogP contribution >= 0.6 is 11.8 Å². The summed E-state index contributed by atoms with van der Waals surface area (Å²) < 4.78 is 9.73. The van der Waals surface area contributed by atoms with Crippen LogP contribution in [-0.4, -0.2) is 26.4 Å². The highest BCUT2D eigenvalue weighted by molar-refractivity contribution is 7.97. The van der Waals surface area contributed by atoms with E-state index in [4.69, 9.17) is 4.74 Å². The fraction of sp³-hybridized carbons (Fsp3) is 0.308. The van der Waals surface area contributed by atoms with E-state index in [1.54, 1.807) is 24.9 Å². The van der Waals surface area contributed by atoms with Crippen LogP contribution in [-0.2, 0) is 15.3 Å². The van der Waals surface area contributed by atoms with Gasteiger partial charge in [0.1, 0.15) is 5.75 Å². The molecule has 0 heterocycles. The van der Waals surface area contributed by atoms with Crippen molar-refractivity contribution in [2.45, 2.75) is 5.75 Å². The first kappa shape index (κ1) is 13.6. The minimum absolute atomic E-state index is 0.358. The smallest absolute Gasteiger partial charge is 0.330 e. The van der Waals surface area contributed by atoms with Gasteiger partial charge in [0.15, 0.2) is 0 Å². The van der Waals surface area contributed by atoms with E-state index in [1.165, 1.54) is 18.7 Å². The Kier molecular flexibility index (Phi) is 5.63. The van der Waals surface area contributed by atoms with E-state index in [0.717, 1.165) is 17.1 Å². The average molecular weight is 252 g/mol. The van der Waals surface area contributed by atoms with Crippen molar-refractivity contribution in [2.75, 3.05) is 20.5 Å². The second-order valence-corrected chi connectivity index (χ2v) is 4.22. The van der Waals surface area contributed by atoms with Gasteiger partial charge in [0.25, 0.3) is 0 Å². The van der Waals surface area contributed by atoms with Crippen LogP contribution in [0.2, 0.25) is 0 Å². The van der Waals surface area contributed by atoms with E-state index in [-0.39, 0.29) is 5.97 Å². The minimum Gasteiger partial charge on any atom is -0.497 e. The van der Waals surface area contributed by atoms with Crippen molar-refractivity contribution in [3.05, 3.63) is 35.4 Å². The summed E-state index contributed by atoms with van der Waals surface area (Å²) in [6, 6.07) is 5.83. The summed E-state index contributed by atoms with van der Waals surface area (Å²) in [6.45, 7) is 0. The summed E-state index contributed by atoms with van der Waals surface area (Å²) in [5, 5.41) is 0. The maximum atomic E-state index is 11.1. The maximum Gasteiger partial charge on any atom is 0.330 e. The molecule has 0 fully saturated rings. The molecule has 0 aromatic heterocycles. The number of ether oxygens (including phenoxy) is 2. The summed E-state index contributed by atoms with van der Waals surface area (Å²) in [7, 11) is 2.98. The molecule has 0 aliphatic rings. The number of thioether (sulfide) groups is 1. The standard InChI is InChI=1S/C13H16O3S/c1-15-12-6-4-11(9-17-3)10(8-12)5-7-13(14)16-2/h4-8H,9H2,1-3H3/b7-5+. The SMILES string of the molecule is COC(=O)/C=C/c1cc(OC)ccc1CSC. The number of methoxy groups -OCH3 is 2. The number of carbonyl (C=O) groups excluding carboxylic acids is 1. The molecule has 0 saturated carbocycles. The van der Waals surface area contributed by atoms with Gasteiger partial charge in [-0.15, -0.1) is 0 Å². The lowest BCUT2D eigenvalue weighted by Crippen LogP contribution is -1.95. The Morgan fingerprint density at radius 2 is 2.18 bits per heavy atom. The van der Waals surface area contributed by atoms with Crippen LogP contribution in [0, 0.1) is 0 Å². The fourth-order valence-corrected chi connectivity index (χ4v) is 1.94. The van der Waals surface area contributed by atoms with E-state index >= 15 is 0 Å². The quantitative estimate of drug-likeness (QED) is 0.596. The van der Waals surface area contributed by atoms with Gasteiger partial charge >= 0.3 is 5.97 Å². The lowest BCUT2D eigenvalue weighted by atomic mass is 10.1. The second-order valence-electron chi connectivity index (χ2n) is 3.35. The Bertz CT molecular complexity index is 413. The van der Waals surface area contributed by atoms with Crippen LogP contribution in [0.1, 0.15) is 11.1 Å². The van der Waals surface area contributed by atoms with Crippen LogP contribution in [0.5, 0.6) is 5.75 Å². The largest absolute Gasteiger partial charge is 0.497 e. The topological polar surface area (TPSA) is 35.5 Å². The summed E-state index contributed by atoms with van der Waals surface area (Å²) in [5.41, 5.74) is 2.14. The van der Waals surface area contributed by atoms with Gasteiger partial charge in [-0.2, -0.15) is 11.8 Å². The van der Waals surface area contributed by atoms with E-state index in [2.05, 4.69) is 4.74 Å². The van der Waals surface area contributed by atoms with Gasteiger partial charge in [-0.05, 0) is 35.6 Å². The zero-order valence-corrected chi connectivity index (χ0v) is 11.0. The van der Waals surface area contributed by atoms with Crippen LogP contribution in [0.3, 0.4) is 0 Å². The number of benzene rings is 1. The Morgan fingerprint density at radius 1 is 1.41 bits per heavy atom. The van der Waals surface area contributed by atoms with Gasteiger partial charge in [0.05, 0.1) is 14.2 Å². The third-order valence-electron chi connectivity index (χ3n) is 2.25. The number of hydrogen-bond acceptors (Lipinski definition) is 4. The molecule has 0 saturated heterocycles. The van der Waals surface area contributed by atoms with Crippen molar-refractivity contribution in [3.8, 4) is 5.75 Å². The summed E-state index contributed by atoms with van der Waals surface area (Å²) in [6.07, 6.45) is 5.20. The highest BCUT2D eigenvalue weighted by atomic mass is 32.2. The van der Waals surface area contributed by atoms with E-state index in [0.29, 0.717) is 0 Å². The first-order valence-electron chi connectivity index (χ1n) is 5.13. The monoisotopic (exact) mass is 252 g/mol. The molecule has 0 amide bonds. The predicted molar refractivity (Wildman–Crippen MR) is 71.3 cm³/mol. The zero-order chi connectivity index (χ0) is 12.7. The molecular formula is C13H16O3S. The van der Waals surface area contributed by atoms with Crippen LogP contribution in [0.4, 0.5) is 0 Å². The van der Waals surface area contributed by atoms with Gasteiger partial charge in [0.2, 0.25) is 0 Å². The number of esters is 1. The molecular weight excluding hydrogens is 236 g/mol. The Balaban J connectivity index is 3.00. The predicted octanol–water partition coefficient (Wildman–Crippen LogP) is 2.74. The Hall–Kier alpha value is -1.42. The van der Waals surface area contributed by atoms with Gasteiger partial charge in [-0.3, -0.25) is 0 Å². The van der Waals surface area contributed by atoms with E-state index < -0.39 is 0 Å². The highest BCUT2D eigenvalue weighted by Crippen LogP contribution is 2.22. The molecule has 1 aromatic carbocycles. The van der Waals surface area contributed by atoms with Crippen LogP contribution < -0.4 is 4.74 Å². The summed E-state index contributed by atoms with van der Waals surface area (Å²) >= 11 is 1.73. The van der Waals surface area contributed by atoms with Gasteiger partial charge in [-0.25, -0.2) is 4.79 Å². The molecule has 0 atom stereocenters. The molecule has 1 rings (SSSR count). The minimum atomic E-state index is -0.358. The molecule has 92 valence electrons. The molecule has 1 aromatic rings. The van der Waals surface area contributed by atoms with E-state index in [9.17, 15) is 4.79 Å². The first-order valence-corrected chi connectivity index (χ1v) is 6.52. The third-order valence-corrected chi connectivity index (χ3v) is 2.85. The number of carbonyl (C=O) groups is 1. The molecule has 0 aliphatic heterocycles. The zero-order valence-electron chi connectivity index (χ0n) is 10.2. The van der Waals surface area contributed by atoms with Crippen LogP contribution in [0.15, 0.2) is 24.3 Å². The fourth-order valence-electron chi connectivity index (χ4n) is 1.37. The molecule has 0 N–H and O–H groups in total. The molecule has 0 aliphatic carbocycles. The highest BCUT2D eigenvalue weighted by Gasteiger charge is 2.02. The Morgan fingerprint density at radius 3 is 2.76 bits per heavy atom. The van der Waals surface area contributed by atoms with Crippen molar-refractivity contribution < 1.29 is 14.3 Å². The molecule has 4 heteroatoms. The van der Waals surface area contributed by atoms with Crippen molar-refractivity contribution in [1.82, 2.24) is 0 Å². The van der Waals surface area contributed by atoms with Gasteiger partial charge in [-0.1, -0.05) is 6.07 Å². The average Bonchev–Trinajstić information content (AvgIpc) is 2.37. The summed E-state index contributed by atoms with van der Waals surface area (Å²) in [4.78, 5) is 11.1. The molecule has 3 nitrogen and oxygen atoms in total. The molecule has 0 unspecified atom stereocenters. The van der Waals surface area contributed by atoms with Crippen LogP contribution in [0.25, 0.3) is 6.08 Å². The lowest BCUT2D eigenvalue weighted by molar-refractivity contribution is -0.134. The van der Waals surface area contributed by atoms with Gasteiger partial charge < -0.3 is 9.47 Å². The maximum absolute atomic E-state index is 11.1. The van der Waals surface area contributed by atoms with E-state index in [1.807, 2.05) is 24.5 Å². The lowest BCUT2D eigenvalue weighted by Gasteiger charge is -2.07. The van der Waals surface area contributed by atoms with Crippen molar-refractivity contribution in [1.29, 1.82) is 0 Å².